The van der Waals surface area contributed by atoms with Crippen LogP contribution in [-0.4, -0.2) is 37.2 Å². The van der Waals surface area contributed by atoms with Crippen molar-refractivity contribution in [3.8, 4) is 0 Å². The van der Waals surface area contributed by atoms with Gasteiger partial charge < -0.3 is 9.73 Å². The van der Waals surface area contributed by atoms with Crippen LogP contribution in [0.4, 0.5) is 5.69 Å². The molecule has 2 heterocycles. The molecule has 22 heavy (non-hydrogen) atoms. The normalized spacial score (nSPS) is 18.3. The molecule has 0 aliphatic carbocycles. The lowest BCUT2D eigenvalue weighted by Gasteiger charge is -2.05. The molecule has 0 radical (unpaired) electrons. The van der Waals surface area contributed by atoms with Crippen LogP contribution in [-0.2, 0) is 9.84 Å². The first-order valence-corrected chi connectivity index (χ1v) is 8.09. The molecule has 1 unspecified atom stereocenters. The lowest BCUT2D eigenvalue weighted by molar-refractivity contribution is -0.384. The van der Waals surface area contributed by atoms with Crippen LogP contribution >= 0.6 is 12.4 Å². The molecule has 1 aliphatic heterocycles. The minimum atomic E-state index is -3.63. The smallest absolute Gasteiger partial charge is 0.316 e. The van der Waals surface area contributed by atoms with Crippen LogP contribution in [0.25, 0.3) is 11.1 Å². The van der Waals surface area contributed by atoms with Gasteiger partial charge in [0, 0.05) is 12.1 Å². The van der Waals surface area contributed by atoms with E-state index in [0.29, 0.717) is 6.54 Å². The third-order valence-corrected chi connectivity index (χ3v) is 5.06. The zero-order valence-corrected chi connectivity index (χ0v) is 13.0. The topological polar surface area (TPSA) is 115 Å². The number of halogens is 1. The molecule has 10 heteroatoms. The van der Waals surface area contributed by atoms with Crippen LogP contribution in [0.2, 0.25) is 0 Å². The summed E-state index contributed by atoms with van der Waals surface area (Å²) in [5.41, 5.74) is 0.246. The molecule has 1 aliphatic rings. The van der Waals surface area contributed by atoms with Crippen LogP contribution in [0.1, 0.15) is 6.42 Å². The summed E-state index contributed by atoms with van der Waals surface area (Å²) in [5, 5.41) is 13.4. The maximum Gasteiger partial charge on any atom is 0.316 e. The molecule has 3 rings (SSSR count). The fourth-order valence-corrected chi connectivity index (χ4v) is 3.88. The maximum absolute atomic E-state index is 12.3. The number of sulfone groups is 1. The van der Waals surface area contributed by atoms with Crippen molar-refractivity contribution in [3.63, 3.8) is 0 Å². The molecule has 1 aromatic carbocycles. The largest absolute Gasteiger partial charge is 0.428 e. The Bertz CT molecular complexity index is 798. The van der Waals surface area contributed by atoms with Crippen molar-refractivity contribution >= 4 is 39.0 Å². The van der Waals surface area contributed by atoms with Gasteiger partial charge in [-0.15, -0.1) is 12.4 Å². The molecule has 0 saturated carbocycles. The van der Waals surface area contributed by atoms with Crippen molar-refractivity contribution in [1.82, 2.24) is 10.3 Å². The quantitative estimate of drug-likeness (QED) is 0.658. The Morgan fingerprint density at radius 1 is 1.45 bits per heavy atom. The van der Waals surface area contributed by atoms with Gasteiger partial charge in [-0.2, -0.15) is 4.98 Å². The van der Waals surface area contributed by atoms with Crippen molar-refractivity contribution in [2.24, 2.45) is 5.92 Å². The number of hydrogen-bond donors (Lipinski definition) is 1. The van der Waals surface area contributed by atoms with E-state index in [1.54, 1.807) is 0 Å². The molecule has 0 bridgehead atoms. The summed E-state index contributed by atoms with van der Waals surface area (Å²) in [4.78, 5) is 14.0. The third kappa shape index (κ3) is 3.21. The summed E-state index contributed by atoms with van der Waals surface area (Å²) in [6, 6.07) is 3.82. The van der Waals surface area contributed by atoms with Gasteiger partial charge in [0.1, 0.15) is 5.52 Å². The molecule has 1 atom stereocenters. The lowest BCUT2D eigenvalue weighted by Crippen LogP contribution is -2.19. The van der Waals surface area contributed by atoms with Crippen LogP contribution < -0.4 is 5.32 Å². The number of nitrogens with one attached hydrogen (secondary N) is 1. The predicted molar refractivity (Wildman–Crippen MR) is 80.9 cm³/mol. The highest BCUT2D eigenvalue weighted by Gasteiger charge is 2.28. The standard InChI is InChI=1S/C12H13N3O5S.ClH/c16-15(17)9-1-2-11-10(5-9)14-12(20-11)21(18,19)7-8-3-4-13-6-8;/h1-2,5,8,13H,3-4,6-7H2;1H. The number of benzene rings is 1. The van der Waals surface area contributed by atoms with E-state index in [-0.39, 0.29) is 46.1 Å². The summed E-state index contributed by atoms with van der Waals surface area (Å²) in [6.45, 7) is 1.46. The van der Waals surface area contributed by atoms with Crippen LogP contribution in [0.15, 0.2) is 27.8 Å². The highest BCUT2D eigenvalue weighted by molar-refractivity contribution is 7.91. The van der Waals surface area contributed by atoms with E-state index < -0.39 is 14.8 Å². The van der Waals surface area contributed by atoms with Gasteiger partial charge in [-0.05, 0) is 31.5 Å². The Labute approximate surface area is 132 Å². The van der Waals surface area contributed by atoms with Gasteiger partial charge in [0.15, 0.2) is 5.58 Å². The second-order valence-electron chi connectivity index (χ2n) is 5.03. The fourth-order valence-electron chi connectivity index (χ4n) is 2.38. The molecular formula is C12H14ClN3O5S. The van der Waals surface area contributed by atoms with Gasteiger partial charge in [0.05, 0.1) is 10.7 Å². The molecule has 1 saturated heterocycles. The van der Waals surface area contributed by atoms with E-state index in [0.717, 1.165) is 13.0 Å². The van der Waals surface area contributed by atoms with Crippen LogP contribution in [0.3, 0.4) is 0 Å². The highest BCUT2D eigenvalue weighted by Crippen LogP contribution is 2.25. The highest BCUT2D eigenvalue weighted by atomic mass is 35.5. The number of nitrogens with zero attached hydrogens (tertiary/aromatic N) is 2. The first-order valence-electron chi connectivity index (χ1n) is 6.44. The zero-order chi connectivity index (χ0) is 15.0. The number of nitro groups is 1. The number of nitro benzene ring substituents is 1. The summed E-state index contributed by atoms with van der Waals surface area (Å²) in [7, 11) is -3.63. The molecule has 1 aromatic heterocycles. The Balaban J connectivity index is 0.00000176. The number of rotatable bonds is 4. The summed E-state index contributed by atoms with van der Waals surface area (Å²) < 4.78 is 29.8. The number of aromatic nitrogens is 1. The van der Waals surface area contributed by atoms with Crippen molar-refractivity contribution in [2.75, 3.05) is 18.8 Å². The zero-order valence-electron chi connectivity index (χ0n) is 11.4. The van der Waals surface area contributed by atoms with Crippen molar-refractivity contribution in [3.05, 3.63) is 28.3 Å². The summed E-state index contributed by atoms with van der Waals surface area (Å²) in [6.07, 6.45) is 0.797. The first kappa shape index (κ1) is 16.7. The van der Waals surface area contributed by atoms with Gasteiger partial charge in [-0.1, -0.05) is 0 Å². The third-order valence-electron chi connectivity index (χ3n) is 3.45. The van der Waals surface area contributed by atoms with Crippen LogP contribution in [0, 0.1) is 16.0 Å². The lowest BCUT2D eigenvalue weighted by atomic mass is 10.2. The summed E-state index contributed by atoms with van der Waals surface area (Å²) in [5.74, 6) is 0.00824. The molecule has 8 nitrogen and oxygen atoms in total. The number of hydrogen-bond acceptors (Lipinski definition) is 7. The van der Waals surface area contributed by atoms with E-state index >= 15 is 0 Å². The van der Waals surface area contributed by atoms with E-state index in [1.165, 1.54) is 18.2 Å². The first-order chi connectivity index (χ1) is 9.95. The van der Waals surface area contributed by atoms with E-state index in [1.807, 2.05) is 0 Å². The Hall–Kier alpha value is -1.71. The molecule has 2 aromatic rings. The fraction of sp³-hybridized carbons (Fsp3) is 0.417. The van der Waals surface area contributed by atoms with Crippen LogP contribution in [0.5, 0.6) is 0 Å². The van der Waals surface area contributed by atoms with Gasteiger partial charge in [-0.3, -0.25) is 10.1 Å². The number of fused-ring (bicyclic) bond motifs is 1. The van der Waals surface area contributed by atoms with Crippen molar-refractivity contribution in [1.29, 1.82) is 0 Å². The number of non-ortho nitro benzene ring substituents is 1. The maximum atomic E-state index is 12.3. The second-order valence-corrected chi connectivity index (χ2v) is 6.94. The van der Waals surface area contributed by atoms with E-state index in [4.69, 9.17) is 4.42 Å². The molecular weight excluding hydrogens is 334 g/mol. The van der Waals surface area contributed by atoms with Crippen molar-refractivity contribution < 1.29 is 17.8 Å². The monoisotopic (exact) mass is 347 g/mol. The molecule has 120 valence electrons. The average molecular weight is 348 g/mol. The Kier molecular flexibility index (Phi) is 4.69. The Morgan fingerprint density at radius 2 is 2.23 bits per heavy atom. The molecule has 0 spiro atoms. The minimum absolute atomic E-state index is 0. The van der Waals surface area contributed by atoms with Gasteiger partial charge in [0.2, 0.25) is 9.84 Å². The number of oxazole rings is 1. The van der Waals surface area contributed by atoms with Crippen molar-refractivity contribution in [2.45, 2.75) is 11.6 Å². The van der Waals surface area contributed by atoms with Gasteiger partial charge in [-0.25, -0.2) is 8.42 Å². The SMILES string of the molecule is Cl.O=[N+]([O-])c1ccc2oc(S(=O)(=O)CC3CCNC3)nc2c1. The average Bonchev–Trinajstić information content (AvgIpc) is 3.05. The van der Waals surface area contributed by atoms with Gasteiger partial charge in [0.25, 0.3) is 5.69 Å². The molecule has 1 N–H and O–H groups in total. The molecule has 0 amide bonds. The molecule has 1 fully saturated rings. The predicted octanol–water partition coefficient (Wildman–Crippen LogP) is 1.54. The van der Waals surface area contributed by atoms with Gasteiger partial charge >= 0.3 is 5.22 Å². The Morgan fingerprint density at radius 3 is 2.86 bits per heavy atom. The minimum Gasteiger partial charge on any atom is -0.428 e. The van der Waals surface area contributed by atoms with E-state index in [2.05, 4.69) is 10.3 Å². The van der Waals surface area contributed by atoms with E-state index in [9.17, 15) is 18.5 Å². The second kappa shape index (κ2) is 6.19. The summed E-state index contributed by atoms with van der Waals surface area (Å²) >= 11 is 0.